The Labute approximate surface area is 149 Å². The van der Waals surface area contributed by atoms with Crippen molar-refractivity contribution in [2.24, 2.45) is 0 Å². The van der Waals surface area contributed by atoms with Crippen molar-refractivity contribution in [3.05, 3.63) is 59.7 Å². The van der Waals surface area contributed by atoms with Crippen molar-refractivity contribution in [2.45, 2.75) is 37.9 Å². The normalized spacial score (nSPS) is 19.6. The van der Waals surface area contributed by atoms with Crippen molar-refractivity contribution in [3.63, 3.8) is 0 Å². The molecule has 1 aliphatic heterocycles. The van der Waals surface area contributed by atoms with Crippen molar-refractivity contribution in [2.75, 3.05) is 20.2 Å². The third-order valence-electron chi connectivity index (χ3n) is 4.53. The summed E-state index contributed by atoms with van der Waals surface area (Å²) in [5.41, 5.74) is 2.25. The van der Waals surface area contributed by atoms with E-state index in [0.717, 1.165) is 17.9 Å². The van der Waals surface area contributed by atoms with Crippen LogP contribution in [0.3, 0.4) is 0 Å². The molecule has 2 N–H and O–H groups in total. The molecule has 0 aromatic heterocycles. The van der Waals surface area contributed by atoms with Crippen molar-refractivity contribution < 1.29 is 14.6 Å². The van der Waals surface area contributed by atoms with Gasteiger partial charge in [-0.3, -0.25) is 0 Å². The van der Waals surface area contributed by atoms with E-state index in [1.807, 2.05) is 25.2 Å². The summed E-state index contributed by atoms with van der Waals surface area (Å²) in [4.78, 5) is 0. The van der Waals surface area contributed by atoms with Gasteiger partial charge in [-0.2, -0.15) is 0 Å². The number of aliphatic hydroxyl groups is 1. The molecule has 0 amide bonds. The molecule has 4 heteroatoms. The van der Waals surface area contributed by atoms with Gasteiger partial charge in [-0.05, 0) is 38.9 Å². The Morgan fingerprint density at radius 1 is 1.24 bits per heavy atom. The lowest BCUT2D eigenvalue weighted by Crippen LogP contribution is -2.35. The Hall–Kier alpha value is -2.04. The summed E-state index contributed by atoms with van der Waals surface area (Å²) in [6.07, 6.45) is 0.404. The second-order valence-corrected chi connectivity index (χ2v) is 7.25. The van der Waals surface area contributed by atoms with Gasteiger partial charge in [0.2, 0.25) is 0 Å². The Kier molecular flexibility index (Phi) is 5.30. The highest BCUT2D eigenvalue weighted by Crippen LogP contribution is 2.45. The molecular weight excluding hydrogens is 314 g/mol. The number of hydrogen-bond donors (Lipinski definition) is 2. The number of benzene rings is 2. The van der Waals surface area contributed by atoms with E-state index >= 15 is 0 Å². The summed E-state index contributed by atoms with van der Waals surface area (Å²) in [6, 6.07) is 16.5. The zero-order chi connectivity index (χ0) is 17.9. The average molecular weight is 341 g/mol. The van der Waals surface area contributed by atoms with Crippen LogP contribution < -0.4 is 14.8 Å². The monoisotopic (exact) mass is 341 g/mol. The molecule has 0 radical (unpaired) electrons. The number of rotatable bonds is 6. The molecule has 2 unspecified atom stereocenters. The van der Waals surface area contributed by atoms with Crippen LogP contribution in [0.4, 0.5) is 0 Å². The zero-order valence-electron chi connectivity index (χ0n) is 15.2. The van der Waals surface area contributed by atoms with E-state index in [-0.39, 0.29) is 12.2 Å². The molecule has 1 aliphatic rings. The van der Waals surface area contributed by atoms with Gasteiger partial charge in [-0.15, -0.1) is 0 Å². The third kappa shape index (κ3) is 4.33. The minimum atomic E-state index is -0.532. The maximum atomic E-state index is 9.80. The number of aliphatic hydroxyl groups excluding tert-OH is 1. The second-order valence-electron chi connectivity index (χ2n) is 7.25. The van der Waals surface area contributed by atoms with Crippen LogP contribution in [-0.4, -0.2) is 37.0 Å². The van der Waals surface area contributed by atoms with E-state index < -0.39 is 6.10 Å². The van der Waals surface area contributed by atoms with Crippen LogP contribution >= 0.6 is 0 Å². The van der Waals surface area contributed by atoms with Crippen LogP contribution in [0, 0.1) is 0 Å². The first kappa shape index (κ1) is 17.8. The van der Waals surface area contributed by atoms with E-state index in [0.29, 0.717) is 12.5 Å². The lowest BCUT2D eigenvalue weighted by Gasteiger charge is -2.38. The Morgan fingerprint density at radius 3 is 2.72 bits per heavy atom. The van der Waals surface area contributed by atoms with E-state index in [1.165, 1.54) is 11.1 Å². The van der Waals surface area contributed by atoms with E-state index in [4.69, 9.17) is 9.47 Å². The van der Waals surface area contributed by atoms with Gasteiger partial charge >= 0.3 is 0 Å². The molecule has 0 saturated heterocycles. The van der Waals surface area contributed by atoms with Gasteiger partial charge in [0.15, 0.2) is 0 Å². The van der Waals surface area contributed by atoms with E-state index in [9.17, 15) is 5.11 Å². The standard InChI is InChI=1S/C21H27NO3/c1-21(2)12-19(15-7-5-4-6-8-15)18-10-9-17(11-20(18)25-21)24-14-16(23)13-22-3/h4-11,16,19,22-23H,12-14H2,1-3H3. The fourth-order valence-corrected chi connectivity index (χ4v) is 3.39. The van der Waals surface area contributed by atoms with E-state index in [2.05, 4.69) is 49.5 Å². The third-order valence-corrected chi connectivity index (χ3v) is 4.53. The Balaban J connectivity index is 1.84. The highest BCUT2D eigenvalue weighted by molar-refractivity contribution is 5.48. The second kappa shape index (κ2) is 7.46. The van der Waals surface area contributed by atoms with Gasteiger partial charge < -0.3 is 19.9 Å². The summed E-state index contributed by atoms with van der Waals surface area (Å²) in [6.45, 7) is 5.00. The topological polar surface area (TPSA) is 50.7 Å². The van der Waals surface area contributed by atoms with Crippen LogP contribution in [0.5, 0.6) is 11.5 Å². The minimum absolute atomic E-state index is 0.238. The molecule has 3 rings (SSSR count). The van der Waals surface area contributed by atoms with E-state index in [1.54, 1.807) is 0 Å². The predicted octanol–water partition coefficient (Wildman–Crippen LogP) is 3.34. The summed E-state index contributed by atoms with van der Waals surface area (Å²) in [7, 11) is 1.81. The lowest BCUT2D eigenvalue weighted by atomic mass is 9.80. The van der Waals surface area contributed by atoms with Gasteiger partial charge in [0.1, 0.15) is 29.8 Å². The molecule has 4 nitrogen and oxygen atoms in total. The van der Waals surface area contributed by atoms with Gasteiger partial charge in [0.05, 0.1) is 0 Å². The summed E-state index contributed by atoms with van der Waals surface area (Å²) in [5, 5.41) is 12.7. The molecule has 2 atom stereocenters. The fraction of sp³-hybridized carbons (Fsp3) is 0.429. The SMILES string of the molecule is CNCC(O)COc1ccc2c(c1)OC(C)(C)CC2c1ccccc1. The minimum Gasteiger partial charge on any atom is -0.491 e. The molecule has 0 aliphatic carbocycles. The molecule has 134 valence electrons. The van der Waals surface area contributed by atoms with Gasteiger partial charge in [-0.25, -0.2) is 0 Å². The maximum absolute atomic E-state index is 9.80. The van der Waals surface area contributed by atoms with Crippen LogP contribution in [0.1, 0.15) is 37.3 Å². The fourth-order valence-electron chi connectivity index (χ4n) is 3.39. The van der Waals surface area contributed by atoms with Crippen molar-refractivity contribution in [3.8, 4) is 11.5 Å². The molecule has 2 aromatic rings. The van der Waals surface area contributed by atoms with Crippen LogP contribution in [0.2, 0.25) is 0 Å². The number of fused-ring (bicyclic) bond motifs is 1. The molecule has 0 bridgehead atoms. The lowest BCUT2D eigenvalue weighted by molar-refractivity contribution is 0.0760. The number of hydrogen-bond acceptors (Lipinski definition) is 4. The zero-order valence-corrected chi connectivity index (χ0v) is 15.2. The molecule has 0 fully saturated rings. The molecule has 2 aromatic carbocycles. The number of likely N-dealkylation sites (N-methyl/N-ethyl adjacent to an activating group) is 1. The Morgan fingerprint density at radius 2 is 2.00 bits per heavy atom. The summed E-state index contributed by atoms with van der Waals surface area (Å²) < 4.78 is 11.9. The molecule has 25 heavy (non-hydrogen) atoms. The summed E-state index contributed by atoms with van der Waals surface area (Å²) >= 11 is 0. The van der Waals surface area contributed by atoms with Gasteiger partial charge in [-0.1, -0.05) is 36.4 Å². The van der Waals surface area contributed by atoms with Crippen LogP contribution in [0.15, 0.2) is 48.5 Å². The predicted molar refractivity (Wildman–Crippen MR) is 99.5 cm³/mol. The quantitative estimate of drug-likeness (QED) is 0.846. The first-order valence-corrected chi connectivity index (χ1v) is 8.82. The first-order valence-electron chi connectivity index (χ1n) is 8.82. The summed E-state index contributed by atoms with van der Waals surface area (Å²) in [5.74, 6) is 1.90. The van der Waals surface area contributed by atoms with Crippen molar-refractivity contribution in [1.82, 2.24) is 5.32 Å². The number of nitrogens with one attached hydrogen (secondary N) is 1. The molecular formula is C21H27NO3. The van der Waals surface area contributed by atoms with Gasteiger partial charge in [0, 0.05) is 24.1 Å². The highest BCUT2D eigenvalue weighted by atomic mass is 16.5. The van der Waals surface area contributed by atoms with Crippen LogP contribution in [0.25, 0.3) is 0 Å². The van der Waals surface area contributed by atoms with Crippen molar-refractivity contribution >= 4 is 0 Å². The maximum Gasteiger partial charge on any atom is 0.127 e. The smallest absolute Gasteiger partial charge is 0.127 e. The number of ether oxygens (including phenoxy) is 2. The van der Waals surface area contributed by atoms with Crippen molar-refractivity contribution in [1.29, 1.82) is 0 Å². The first-order chi connectivity index (χ1) is 12.0. The average Bonchev–Trinajstić information content (AvgIpc) is 2.59. The van der Waals surface area contributed by atoms with Gasteiger partial charge in [0.25, 0.3) is 0 Å². The molecule has 0 saturated carbocycles. The Bertz CT molecular complexity index is 700. The molecule has 0 spiro atoms. The molecule has 1 heterocycles. The van der Waals surface area contributed by atoms with Crippen LogP contribution in [-0.2, 0) is 0 Å². The largest absolute Gasteiger partial charge is 0.491 e. The highest BCUT2D eigenvalue weighted by Gasteiger charge is 2.34.